The van der Waals surface area contributed by atoms with Gasteiger partial charge in [-0.05, 0) is 15.4 Å². The van der Waals surface area contributed by atoms with E-state index in [1.54, 1.807) is 22.7 Å². The summed E-state index contributed by atoms with van der Waals surface area (Å²) in [6.45, 7) is 7.03. The summed E-state index contributed by atoms with van der Waals surface area (Å²) in [7, 11) is -2.72. The standard InChI is InChI=1S/C26H28ClFN4OSSi/c1-26(2,3)35(18-10-6-4-7-11-18,19-12-8-5-9-13-19)33-14-21-22(28)20(15-34-21)32-17-31-23-24(27)29-16-30-25(23)32/h4-13,16-17,20-22H,14-15H2,1-3H3/t20-,21-,22+/m0/s1. The topological polar surface area (TPSA) is 52.8 Å². The van der Waals surface area contributed by atoms with Crippen LogP contribution in [0.3, 0.4) is 0 Å². The Hall–Kier alpha value is -2.26. The summed E-state index contributed by atoms with van der Waals surface area (Å²) in [6, 6.07) is 20.5. The zero-order valence-electron chi connectivity index (χ0n) is 19.9. The van der Waals surface area contributed by atoms with Gasteiger partial charge >= 0.3 is 0 Å². The average molecular weight is 527 g/mol. The molecule has 5 nitrogen and oxygen atoms in total. The highest BCUT2D eigenvalue weighted by Crippen LogP contribution is 2.41. The third kappa shape index (κ3) is 4.31. The first-order valence-corrected chi connectivity index (χ1v) is 15.0. The van der Waals surface area contributed by atoms with Crippen LogP contribution in [0.2, 0.25) is 10.2 Å². The molecule has 0 aliphatic carbocycles. The van der Waals surface area contributed by atoms with Gasteiger partial charge in [0.15, 0.2) is 10.8 Å². The Bertz CT molecular complexity index is 1260. The molecule has 0 spiro atoms. The van der Waals surface area contributed by atoms with Gasteiger partial charge in [0.05, 0.1) is 17.6 Å². The number of rotatable bonds is 6. The van der Waals surface area contributed by atoms with Gasteiger partial charge in [0.1, 0.15) is 18.0 Å². The Balaban J connectivity index is 1.45. The molecule has 1 aliphatic heterocycles. The maximum Gasteiger partial charge on any atom is 0.261 e. The van der Waals surface area contributed by atoms with E-state index in [9.17, 15) is 0 Å². The highest BCUT2D eigenvalue weighted by atomic mass is 35.5. The van der Waals surface area contributed by atoms with E-state index in [1.807, 2.05) is 12.1 Å². The predicted molar refractivity (Wildman–Crippen MR) is 144 cm³/mol. The summed E-state index contributed by atoms with van der Waals surface area (Å²) in [5, 5.41) is 2.22. The number of hydrogen-bond acceptors (Lipinski definition) is 5. The number of thioether (sulfide) groups is 1. The molecule has 2 aromatic heterocycles. The highest BCUT2D eigenvalue weighted by Gasteiger charge is 2.51. The van der Waals surface area contributed by atoms with Crippen LogP contribution in [0.1, 0.15) is 26.8 Å². The number of alkyl halides is 1. The third-order valence-corrected chi connectivity index (χ3v) is 13.4. The second-order valence-corrected chi connectivity index (χ2v) is 15.8. The van der Waals surface area contributed by atoms with Crippen molar-refractivity contribution < 1.29 is 8.82 Å². The SMILES string of the molecule is CC(C)(C)[Si](OC[C@@H]1SC[C@H](n2cnc3c(Cl)ncnc32)[C@H]1F)(c1ccccc1)c1ccccc1. The third-order valence-electron chi connectivity index (χ3n) is 6.76. The number of aromatic nitrogens is 4. The molecule has 1 fully saturated rings. The first-order valence-electron chi connectivity index (χ1n) is 11.7. The predicted octanol–water partition coefficient (Wildman–Crippen LogP) is 5.05. The van der Waals surface area contributed by atoms with Crippen LogP contribution in [0.15, 0.2) is 73.3 Å². The molecule has 9 heteroatoms. The smallest absolute Gasteiger partial charge is 0.261 e. The fourth-order valence-electron chi connectivity index (χ4n) is 5.06. The summed E-state index contributed by atoms with van der Waals surface area (Å²) in [6.07, 6.45) is 1.90. The van der Waals surface area contributed by atoms with Gasteiger partial charge < -0.3 is 8.99 Å². The number of fused-ring (bicyclic) bond motifs is 1. The van der Waals surface area contributed by atoms with E-state index >= 15 is 4.39 Å². The second kappa shape index (κ2) is 9.65. The van der Waals surface area contributed by atoms with Crippen LogP contribution in [0.5, 0.6) is 0 Å². The number of halogens is 2. The Morgan fingerprint density at radius 1 is 1.03 bits per heavy atom. The number of hydrogen-bond donors (Lipinski definition) is 0. The first-order chi connectivity index (χ1) is 16.8. The molecule has 182 valence electrons. The Morgan fingerprint density at radius 2 is 1.66 bits per heavy atom. The zero-order valence-corrected chi connectivity index (χ0v) is 22.5. The van der Waals surface area contributed by atoms with Gasteiger partial charge in [-0.2, -0.15) is 11.8 Å². The van der Waals surface area contributed by atoms with Crippen molar-refractivity contribution in [2.45, 2.75) is 43.3 Å². The van der Waals surface area contributed by atoms with Gasteiger partial charge in [-0.15, -0.1) is 0 Å². The molecule has 5 rings (SSSR count). The summed E-state index contributed by atoms with van der Waals surface area (Å²) >= 11 is 7.77. The van der Waals surface area contributed by atoms with Crippen LogP contribution in [-0.4, -0.2) is 51.6 Å². The summed E-state index contributed by atoms with van der Waals surface area (Å²) < 4.78 is 24.7. The van der Waals surface area contributed by atoms with Crippen molar-refractivity contribution >= 4 is 53.2 Å². The Morgan fingerprint density at radius 3 is 2.26 bits per heavy atom. The van der Waals surface area contributed by atoms with Gasteiger partial charge in [0, 0.05) is 12.4 Å². The van der Waals surface area contributed by atoms with Crippen LogP contribution in [0.25, 0.3) is 11.2 Å². The largest absolute Gasteiger partial charge is 0.406 e. The molecule has 35 heavy (non-hydrogen) atoms. The van der Waals surface area contributed by atoms with Crippen molar-refractivity contribution in [1.29, 1.82) is 0 Å². The second-order valence-electron chi connectivity index (χ2n) is 9.85. The van der Waals surface area contributed by atoms with Crippen molar-refractivity contribution in [2.24, 2.45) is 0 Å². The molecule has 2 aromatic carbocycles. The molecule has 0 unspecified atom stereocenters. The van der Waals surface area contributed by atoms with E-state index in [2.05, 4.69) is 84.3 Å². The molecule has 0 N–H and O–H groups in total. The fourth-order valence-corrected chi connectivity index (χ4v) is 11.3. The molecule has 4 aromatic rings. The van der Waals surface area contributed by atoms with E-state index in [1.165, 1.54) is 16.7 Å². The maximum absolute atomic E-state index is 15.9. The van der Waals surface area contributed by atoms with E-state index in [0.717, 1.165) is 0 Å². The molecule has 1 aliphatic rings. The van der Waals surface area contributed by atoms with Crippen molar-refractivity contribution in [3.63, 3.8) is 0 Å². The number of benzene rings is 2. The zero-order chi connectivity index (χ0) is 24.6. The Labute approximate surface area is 215 Å². The fraction of sp³-hybridized carbons (Fsp3) is 0.346. The van der Waals surface area contributed by atoms with Crippen molar-refractivity contribution in [1.82, 2.24) is 19.5 Å². The molecule has 1 saturated heterocycles. The monoisotopic (exact) mass is 526 g/mol. The quantitative estimate of drug-likeness (QED) is 0.260. The van der Waals surface area contributed by atoms with Gasteiger partial charge in [-0.1, -0.05) is 93.0 Å². The average Bonchev–Trinajstić information content (AvgIpc) is 3.44. The van der Waals surface area contributed by atoms with Crippen LogP contribution >= 0.6 is 23.4 Å². The Kier molecular flexibility index (Phi) is 6.74. The lowest BCUT2D eigenvalue weighted by atomic mass is 10.1. The van der Waals surface area contributed by atoms with Crippen molar-refractivity contribution in [2.75, 3.05) is 12.4 Å². The van der Waals surface area contributed by atoms with Crippen LogP contribution in [0.4, 0.5) is 4.39 Å². The van der Waals surface area contributed by atoms with Crippen LogP contribution in [-0.2, 0) is 4.43 Å². The summed E-state index contributed by atoms with van der Waals surface area (Å²) in [5.41, 5.74) is 1.06. The minimum Gasteiger partial charge on any atom is -0.406 e. The minimum atomic E-state index is -2.72. The van der Waals surface area contributed by atoms with Gasteiger partial charge in [0.2, 0.25) is 0 Å². The molecule has 3 atom stereocenters. The van der Waals surface area contributed by atoms with Gasteiger partial charge in [-0.3, -0.25) is 0 Å². The molecular weight excluding hydrogens is 499 g/mol. The molecular formula is C26H28ClFN4OSSi. The lowest BCUT2D eigenvalue weighted by Gasteiger charge is -2.43. The van der Waals surface area contributed by atoms with Crippen LogP contribution in [0, 0.1) is 0 Å². The summed E-state index contributed by atoms with van der Waals surface area (Å²) in [5.74, 6) is 0.614. The molecule has 0 radical (unpaired) electrons. The van der Waals surface area contributed by atoms with Crippen molar-refractivity contribution in [3.8, 4) is 0 Å². The molecule has 3 heterocycles. The van der Waals surface area contributed by atoms with E-state index in [4.69, 9.17) is 16.0 Å². The summed E-state index contributed by atoms with van der Waals surface area (Å²) in [4.78, 5) is 12.6. The lowest BCUT2D eigenvalue weighted by molar-refractivity contribution is 0.204. The van der Waals surface area contributed by atoms with Gasteiger partial charge in [0.25, 0.3) is 8.32 Å². The molecule has 0 amide bonds. The lowest BCUT2D eigenvalue weighted by Crippen LogP contribution is -2.67. The van der Waals surface area contributed by atoms with Crippen LogP contribution < -0.4 is 10.4 Å². The first kappa shape index (κ1) is 24.4. The molecule has 0 bridgehead atoms. The minimum absolute atomic E-state index is 0.154. The van der Waals surface area contributed by atoms with E-state index < -0.39 is 14.5 Å². The van der Waals surface area contributed by atoms with Crippen molar-refractivity contribution in [3.05, 3.63) is 78.5 Å². The van der Waals surface area contributed by atoms with Gasteiger partial charge in [-0.25, -0.2) is 19.3 Å². The van der Waals surface area contributed by atoms with E-state index in [0.29, 0.717) is 23.5 Å². The normalized spacial score (nSPS) is 21.0. The highest BCUT2D eigenvalue weighted by molar-refractivity contribution is 8.00. The van der Waals surface area contributed by atoms with E-state index in [-0.39, 0.29) is 21.5 Å². The molecule has 0 saturated carbocycles. The number of imidazole rings is 1. The number of nitrogens with zero attached hydrogens (tertiary/aromatic N) is 4. The maximum atomic E-state index is 15.9.